The molecule has 0 spiro atoms. The summed E-state index contributed by atoms with van der Waals surface area (Å²) >= 11 is 2.67. The van der Waals surface area contributed by atoms with Crippen molar-refractivity contribution < 1.29 is 19.8 Å². The maximum absolute atomic E-state index is 10.0. The summed E-state index contributed by atoms with van der Waals surface area (Å²) in [6, 6.07) is 0. The molecule has 0 rings (SSSR count). The molecule has 0 aromatic carbocycles. The van der Waals surface area contributed by atoms with Crippen molar-refractivity contribution >= 4 is 27.9 Å². The van der Waals surface area contributed by atoms with Gasteiger partial charge in [-0.2, -0.15) is 0 Å². The lowest BCUT2D eigenvalue weighted by Crippen LogP contribution is -1.96. The fourth-order valence-corrected chi connectivity index (χ4v) is 0.426. The monoisotopic (exact) mass is 208 g/mol. The second kappa shape index (κ2) is 4.05. The number of rotatable bonds is 3. The van der Waals surface area contributed by atoms with E-state index in [1.54, 1.807) is 0 Å². The zero-order valence-corrected chi connectivity index (χ0v) is 6.46. The summed E-state index contributed by atoms with van der Waals surface area (Å²) in [4.78, 5) is 19.9. The highest BCUT2D eigenvalue weighted by atomic mass is 79.9. The third-order valence-electron chi connectivity index (χ3n) is 0.660. The van der Waals surface area contributed by atoms with E-state index in [1.807, 2.05) is 0 Å². The van der Waals surface area contributed by atoms with Crippen molar-refractivity contribution in [2.24, 2.45) is 0 Å². The van der Waals surface area contributed by atoms with Crippen LogP contribution in [0.5, 0.6) is 0 Å². The minimum absolute atomic E-state index is 0.130. The Bertz CT molecular complexity index is 184. The van der Waals surface area contributed by atoms with Gasteiger partial charge in [0.25, 0.3) is 0 Å². The van der Waals surface area contributed by atoms with Gasteiger partial charge in [-0.25, -0.2) is 4.79 Å². The molecule has 0 saturated carbocycles. The summed E-state index contributed by atoms with van der Waals surface area (Å²) < 4.78 is -0.130. The lowest BCUT2D eigenvalue weighted by Gasteiger charge is -1.87. The van der Waals surface area contributed by atoms with E-state index in [0.717, 1.165) is 6.08 Å². The highest BCUT2D eigenvalue weighted by Gasteiger charge is 2.01. The first kappa shape index (κ1) is 9.16. The molecule has 0 aliphatic carbocycles. The van der Waals surface area contributed by atoms with Crippen LogP contribution in [0.3, 0.4) is 0 Å². The van der Waals surface area contributed by atoms with Gasteiger partial charge in [0.05, 0.1) is 10.9 Å². The average molecular weight is 209 g/mol. The Hall–Kier alpha value is -0.840. The minimum Gasteiger partial charge on any atom is -0.481 e. The van der Waals surface area contributed by atoms with E-state index in [0.29, 0.717) is 0 Å². The summed E-state index contributed by atoms with van der Waals surface area (Å²) in [5, 5.41) is 16.3. The van der Waals surface area contributed by atoms with Gasteiger partial charge in [0, 0.05) is 0 Å². The maximum atomic E-state index is 10.0. The highest BCUT2D eigenvalue weighted by molar-refractivity contribution is 9.12. The summed E-state index contributed by atoms with van der Waals surface area (Å²) in [7, 11) is 0. The van der Waals surface area contributed by atoms with Crippen LogP contribution in [0.2, 0.25) is 0 Å². The summed E-state index contributed by atoms with van der Waals surface area (Å²) in [5.41, 5.74) is 0. The Morgan fingerprint density at radius 3 is 2.20 bits per heavy atom. The lowest BCUT2D eigenvalue weighted by molar-refractivity contribution is -0.136. The number of hydrogen-bond acceptors (Lipinski definition) is 2. The number of carboxylic acids is 2. The molecule has 56 valence electrons. The number of halogens is 1. The smallest absolute Gasteiger partial charge is 0.342 e. The van der Waals surface area contributed by atoms with Gasteiger partial charge in [-0.1, -0.05) is 6.08 Å². The van der Waals surface area contributed by atoms with Crippen molar-refractivity contribution in [2.75, 3.05) is 0 Å². The third-order valence-corrected chi connectivity index (χ3v) is 1.32. The summed E-state index contributed by atoms with van der Waals surface area (Å²) in [6.07, 6.45) is 0.789. The molecule has 0 aromatic rings. The van der Waals surface area contributed by atoms with Crippen molar-refractivity contribution in [3.63, 3.8) is 0 Å². The molecule has 0 aliphatic rings. The average Bonchev–Trinajstić information content (AvgIpc) is 1.82. The molecule has 0 aliphatic heterocycles. The molecule has 0 atom stereocenters. The molecule has 0 heterocycles. The molecular weight excluding hydrogens is 204 g/mol. The molecular formula is C5H5BrO4. The molecule has 0 aromatic heterocycles. The Morgan fingerprint density at radius 2 is 1.90 bits per heavy atom. The van der Waals surface area contributed by atoms with Gasteiger partial charge < -0.3 is 10.2 Å². The predicted octanol–water partition coefficient (Wildman–Crippen LogP) is 0.825. The van der Waals surface area contributed by atoms with Crippen LogP contribution < -0.4 is 0 Å². The third kappa shape index (κ3) is 4.08. The molecule has 0 amide bonds. The van der Waals surface area contributed by atoms with E-state index >= 15 is 0 Å². The minimum atomic E-state index is -1.17. The molecule has 0 bridgehead atoms. The fraction of sp³-hybridized carbons (Fsp3) is 0.200. The second-order valence-electron chi connectivity index (χ2n) is 1.46. The molecule has 0 fully saturated rings. The number of carbonyl (C=O) groups is 2. The van der Waals surface area contributed by atoms with E-state index in [2.05, 4.69) is 15.9 Å². The van der Waals surface area contributed by atoms with Crippen LogP contribution in [0.25, 0.3) is 0 Å². The number of aliphatic carboxylic acids is 2. The van der Waals surface area contributed by atoms with Crippen molar-refractivity contribution in [3.05, 3.63) is 10.6 Å². The first-order chi connectivity index (χ1) is 4.54. The van der Waals surface area contributed by atoms with Crippen molar-refractivity contribution in [1.82, 2.24) is 0 Å². The Labute approximate surface area is 65.3 Å². The van der Waals surface area contributed by atoms with E-state index < -0.39 is 11.9 Å². The molecule has 4 nitrogen and oxygen atoms in total. The van der Waals surface area contributed by atoms with Crippen LogP contribution in [-0.4, -0.2) is 22.2 Å². The predicted molar refractivity (Wildman–Crippen MR) is 36.9 cm³/mol. The van der Waals surface area contributed by atoms with E-state index in [4.69, 9.17) is 10.2 Å². The SMILES string of the molecule is O=C(O)C/C=C(/Br)C(=O)O. The maximum Gasteiger partial charge on any atom is 0.342 e. The largest absolute Gasteiger partial charge is 0.481 e. The molecule has 10 heavy (non-hydrogen) atoms. The van der Waals surface area contributed by atoms with Gasteiger partial charge in [0.1, 0.15) is 0 Å². The van der Waals surface area contributed by atoms with Crippen LogP contribution in [0.15, 0.2) is 10.6 Å². The van der Waals surface area contributed by atoms with Crippen molar-refractivity contribution in [3.8, 4) is 0 Å². The van der Waals surface area contributed by atoms with Gasteiger partial charge in [0.15, 0.2) is 0 Å². The van der Waals surface area contributed by atoms with Gasteiger partial charge in [0.2, 0.25) is 0 Å². The fourth-order valence-electron chi connectivity index (χ4n) is 0.264. The first-order valence-electron chi connectivity index (χ1n) is 2.34. The molecule has 0 unspecified atom stereocenters. The normalized spacial score (nSPS) is 11.1. The van der Waals surface area contributed by atoms with Crippen LogP contribution in [-0.2, 0) is 9.59 Å². The van der Waals surface area contributed by atoms with Crippen LogP contribution in [0.1, 0.15) is 6.42 Å². The first-order valence-corrected chi connectivity index (χ1v) is 3.14. The van der Waals surface area contributed by atoms with Gasteiger partial charge in [-0.3, -0.25) is 4.79 Å². The van der Waals surface area contributed by atoms with Crippen LogP contribution in [0.4, 0.5) is 0 Å². The van der Waals surface area contributed by atoms with Crippen molar-refractivity contribution in [1.29, 1.82) is 0 Å². The molecule has 0 radical (unpaired) electrons. The zero-order chi connectivity index (χ0) is 8.15. The zero-order valence-electron chi connectivity index (χ0n) is 4.87. The topological polar surface area (TPSA) is 74.6 Å². The lowest BCUT2D eigenvalue weighted by atomic mass is 10.4. The number of carboxylic acid groups (broad SMARTS) is 2. The summed E-state index contributed by atoms with van der Waals surface area (Å²) in [6.45, 7) is 0. The quantitative estimate of drug-likeness (QED) is 0.674. The van der Waals surface area contributed by atoms with Gasteiger partial charge >= 0.3 is 11.9 Å². The summed E-state index contributed by atoms with van der Waals surface area (Å²) in [5.74, 6) is -2.22. The molecule has 0 saturated heterocycles. The standard InChI is InChI=1S/C5H5BrO4/c6-3(5(9)10)1-2-4(7)8/h1H,2H2,(H,7,8)(H,9,10)/b3-1+. The van der Waals surface area contributed by atoms with Crippen molar-refractivity contribution in [2.45, 2.75) is 6.42 Å². The van der Waals surface area contributed by atoms with E-state index in [-0.39, 0.29) is 10.9 Å². The van der Waals surface area contributed by atoms with Gasteiger partial charge in [-0.05, 0) is 15.9 Å². The van der Waals surface area contributed by atoms with E-state index in [9.17, 15) is 9.59 Å². The number of hydrogen-bond donors (Lipinski definition) is 2. The Kier molecular flexibility index (Phi) is 3.71. The Balaban J connectivity index is 3.92. The second-order valence-corrected chi connectivity index (χ2v) is 2.31. The highest BCUT2D eigenvalue weighted by Crippen LogP contribution is 2.05. The molecule has 2 N–H and O–H groups in total. The van der Waals surface area contributed by atoms with Crippen LogP contribution >= 0.6 is 15.9 Å². The van der Waals surface area contributed by atoms with Gasteiger partial charge in [-0.15, -0.1) is 0 Å². The van der Waals surface area contributed by atoms with E-state index in [1.165, 1.54) is 0 Å². The molecule has 5 heteroatoms. The Morgan fingerprint density at radius 1 is 1.40 bits per heavy atom. The van der Waals surface area contributed by atoms with Crippen LogP contribution in [0, 0.1) is 0 Å².